The highest BCUT2D eigenvalue weighted by molar-refractivity contribution is 6.11. The molecule has 3 aromatic carbocycles. The Labute approximate surface area is 211 Å². The molecule has 0 aliphatic carbocycles. The van der Waals surface area contributed by atoms with Crippen LogP contribution in [0.15, 0.2) is 66.7 Å². The van der Waals surface area contributed by atoms with E-state index in [1.165, 1.54) is 6.07 Å². The number of anilines is 1. The number of phenolic OH excluding ortho intramolecular Hbond substituents is 2. The van der Waals surface area contributed by atoms with E-state index in [1.807, 2.05) is 24.3 Å². The van der Waals surface area contributed by atoms with Crippen molar-refractivity contribution in [1.29, 1.82) is 0 Å². The second-order valence-electron chi connectivity index (χ2n) is 9.03. The van der Waals surface area contributed by atoms with E-state index in [2.05, 4.69) is 17.6 Å². The van der Waals surface area contributed by atoms with Gasteiger partial charge in [-0.25, -0.2) is 0 Å². The highest BCUT2D eigenvalue weighted by Gasteiger charge is 2.49. The van der Waals surface area contributed by atoms with Gasteiger partial charge in [0.2, 0.25) is 11.8 Å². The molecule has 1 aliphatic rings. The summed E-state index contributed by atoms with van der Waals surface area (Å²) in [6, 6.07) is 19.0. The van der Waals surface area contributed by atoms with E-state index in [0.29, 0.717) is 29.0 Å². The maximum absolute atomic E-state index is 13.6. The van der Waals surface area contributed by atoms with Crippen LogP contribution < -0.4 is 10.6 Å². The second-order valence-corrected chi connectivity index (χ2v) is 9.03. The number of fused-ring (bicyclic) bond motifs is 1. The summed E-state index contributed by atoms with van der Waals surface area (Å²) in [4.78, 5) is 25.9. The average molecular weight is 489 g/mol. The van der Waals surface area contributed by atoms with E-state index in [0.717, 1.165) is 31.2 Å². The molecule has 0 radical (unpaired) electrons. The van der Waals surface area contributed by atoms with Crippen LogP contribution in [0.4, 0.5) is 5.69 Å². The molecule has 36 heavy (non-hydrogen) atoms. The number of hydrogen-bond donors (Lipinski definition) is 4. The van der Waals surface area contributed by atoms with Crippen molar-refractivity contribution in [2.24, 2.45) is 0 Å². The summed E-state index contributed by atoms with van der Waals surface area (Å²) in [5.41, 5.74) is 2.11. The molecule has 188 valence electrons. The molecule has 1 unspecified atom stereocenters. The first kappa shape index (κ1) is 25.3. The molecule has 0 aromatic heterocycles. The number of nitrogens with one attached hydrogen (secondary N) is 2. The Morgan fingerprint density at radius 3 is 2.50 bits per heavy atom. The topological polar surface area (TPSA) is 108 Å². The van der Waals surface area contributed by atoms with Gasteiger partial charge in [-0.1, -0.05) is 62.6 Å². The van der Waals surface area contributed by atoms with E-state index in [-0.39, 0.29) is 36.5 Å². The van der Waals surface area contributed by atoms with Crippen LogP contribution in [0.2, 0.25) is 0 Å². The number of carbonyl (C=O) groups excluding carboxylic acids is 2. The molecule has 0 saturated carbocycles. The van der Waals surface area contributed by atoms with Crippen molar-refractivity contribution in [2.75, 3.05) is 18.5 Å². The summed E-state index contributed by atoms with van der Waals surface area (Å²) in [6.07, 6.45) is 4.30. The zero-order valence-electron chi connectivity index (χ0n) is 20.4. The molecule has 1 atom stereocenters. The van der Waals surface area contributed by atoms with Gasteiger partial charge in [-0.15, -0.1) is 0 Å². The third-order valence-corrected chi connectivity index (χ3v) is 6.58. The number of rotatable bonds is 11. The SMILES string of the molecule is CCCCCCOCC(=O)NCc1cc(C2(c3ccc(O)cc3)C(=O)Nc3ccccc32)ccc1O. The first-order valence-electron chi connectivity index (χ1n) is 12.3. The van der Waals surface area contributed by atoms with Crippen molar-refractivity contribution >= 4 is 17.5 Å². The predicted molar refractivity (Wildman–Crippen MR) is 138 cm³/mol. The number of benzene rings is 3. The van der Waals surface area contributed by atoms with E-state index < -0.39 is 5.41 Å². The van der Waals surface area contributed by atoms with Gasteiger partial charge in [0.15, 0.2) is 0 Å². The van der Waals surface area contributed by atoms with Gasteiger partial charge in [0.1, 0.15) is 23.5 Å². The number of ether oxygens (including phenoxy) is 1. The lowest BCUT2D eigenvalue weighted by Crippen LogP contribution is -2.37. The van der Waals surface area contributed by atoms with E-state index in [1.54, 1.807) is 36.4 Å². The second kappa shape index (κ2) is 11.3. The van der Waals surface area contributed by atoms with Crippen molar-refractivity contribution < 1.29 is 24.5 Å². The molecule has 0 fully saturated rings. The zero-order chi connectivity index (χ0) is 25.5. The van der Waals surface area contributed by atoms with Crippen molar-refractivity contribution in [2.45, 2.75) is 44.6 Å². The van der Waals surface area contributed by atoms with E-state index >= 15 is 0 Å². The zero-order valence-corrected chi connectivity index (χ0v) is 20.4. The fourth-order valence-electron chi connectivity index (χ4n) is 4.71. The summed E-state index contributed by atoms with van der Waals surface area (Å²) >= 11 is 0. The Morgan fingerprint density at radius 1 is 0.972 bits per heavy atom. The maximum atomic E-state index is 13.6. The Balaban J connectivity index is 1.59. The Kier molecular flexibility index (Phi) is 7.90. The van der Waals surface area contributed by atoms with Gasteiger partial charge < -0.3 is 25.6 Å². The van der Waals surface area contributed by atoms with Gasteiger partial charge in [0.05, 0.1) is 0 Å². The number of carbonyl (C=O) groups is 2. The molecule has 1 heterocycles. The molecule has 3 aromatic rings. The maximum Gasteiger partial charge on any atom is 0.246 e. The average Bonchev–Trinajstić information content (AvgIpc) is 3.18. The fourth-order valence-corrected chi connectivity index (χ4v) is 4.71. The van der Waals surface area contributed by atoms with Crippen molar-refractivity contribution in [3.05, 3.63) is 89.0 Å². The van der Waals surface area contributed by atoms with Crippen LogP contribution in [0.3, 0.4) is 0 Å². The van der Waals surface area contributed by atoms with Gasteiger partial charge in [0.25, 0.3) is 0 Å². The fraction of sp³-hybridized carbons (Fsp3) is 0.310. The Morgan fingerprint density at radius 2 is 1.72 bits per heavy atom. The predicted octanol–water partition coefficient (Wildman–Crippen LogP) is 4.60. The molecular formula is C29H32N2O5. The number of hydrogen-bond acceptors (Lipinski definition) is 5. The summed E-state index contributed by atoms with van der Waals surface area (Å²) in [5, 5.41) is 26.1. The van der Waals surface area contributed by atoms with Crippen molar-refractivity contribution in [1.82, 2.24) is 5.32 Å². The van der Waals surface area contributed by atoms with Crippen LogP contribution >= 0.6 is 0 Å². The standard InChI is InChI=1S/C29H32N2O5/c1-2-3-4-7-16-36-19-27(34)30-18-20-17-22(12-15-26(20)33)29(21-10-13-23(32)14-11-21)24-8-5-6-9-25(24)31-28(29)35/h5-6,8-15,17,32-33H,2-4,7,16,18-19H2,1H3,(H,30,34)(H,31,35). The molecule has 4 rings (SSSR count). The summed E-state index contributed by atoms with van der Waals surface area (Å²) in [7, 11) is 0. The van der Waals surface area contributed by atoms with Gasteiger partial charge in [0, 0.05) is 30.0 Å². The van der Waals surface area contributed by atoms with Crippen LogP contribution in [0, 0.1) is 0 Å². The van der Waals surface area contributed by atoms with Gasteiger partial charge in [-0.3, -0.25) is 9.59 Å². The highest BCUT2D eigenvalue weighted by atomic mass is 16.5. The Hall–Kier alpha value is -3.84. The highest BCUT2D eigenvalue weighted by Crippen LogP contribution is 2.48. The molecule has 4 N–H and O–H groups in total. The minimum Gasteiger partial charge on any atom is -0.508 e. The van der Waals surface area contributed by atoms with E-state index in [4.69, 9.17) is 4.74 Å². The number of para-hydroxylation sites is 1. The first-order valence-corrected chi connectivity index (χ1v) is 12.3. The van der Waals surface area contributed by atoms with Crippen LogP contribution in [0.5, 0.6) is 11.5 Å². The smallest absolute Gasteiger partial charge is 0.246 e. The normalized spacial score (nSPS) is 16.4. The van der Waals surface area contributed by atoms with E-state index in [9.17, 15) is 19.8 Å². The van der Waals surface area contributed by atoms with Crippen LogP contribution in [-0.4, -0.2) is 35.2 Å². The summed E-state index contributed by atoms with van der Waals surface area (Å²) in [5.74, 6) is -0.381. The van der Waals surface area contributed by atoms with Crippen molar-refractivity contribution in [3.63, 3.8) is 0 Å². The number of amides is 2. The third kappa shape index (κ3) is 5.06. The minimum atomic E-state index is -1.18. The quantitative estimate of drug-likeness (QED) is 0.295. The molecule has 2 amide bonds. The first-order chi connectivity index (χ1) is 17.5. The van der Waals surface area contributed by atoms with Crippen molar-refractivity contribution in [3.8, 4) is 11.5 Å². The summed E-state index contributed by atoms with van der Waals surface area (Å²) in [6.45, 7) is 2.73. The van der Waals surface area contributed by atoms with Crippen LogP contribution in [0.25, 0.3) is 0 Å². The molecular weight excluding hydrogens is 456 g/mol. The summed E-state index contributed by atoms with van der Waals surface area (Å²) < 4.78 is 5.45. The molecule has 0 saturated heterocycles. The van der Waals surface area contributed by atoms with Crippen LogP contribution in [-0.2, 0) is 26.3 Å². The van der Waals surface area contributed by atoms with Gasteiger partial charge >= 0.3 is 0 Å². The molecule has 1 aliphatic heterocycles. The monoisotopic (exact) mass is 488 g/mol. The van der Waals surface area contributed by atoms with Gasteiger partial charge in [-0.05, 0) is 47.9 Å². The lowest BCUT2D eigenvalue weighted by atomic mass is 9.70. The molecule has 0 spiro atoms. The lowest BCUT2D eigenvalue weighted by Gasteiger charge is -2.29. The molecule has 7 heteroatoms. The lowest BCUT2D eigenvalue weighted by molar-refractivity contribution is -0.126. The number of phenols is 2. The van der Waals surface area contributed by atoms with Gasteiger partial charge in [-0.2, -0.15) is 0 Å². The van der Waals surface area contributed by atoms with Crippen LogP contribution in [0.1, 0.15) is 54.9 Å². The molecule has 7 nitrogen and oxygen atoms in total. The Bertz CT molecular complexity index is 1220. The third-order valence-electron chi connectivity index (χ3n) is 6.58. The minimum absolute atomic E-state index is 0.0204. The number of unbranched alkanes of at least 4 members (excludes halogenated alkanes) is 3. The number of aromatic hydroxyl groups is 2. The largest absolute Gasteiger partial charge is 0.508 e. The molecule has 0 bridgehead atoms.